The average Bonchev–Trinajstić information content (AvgIpc) is 3.11. The van der Waals surface area contributed by atoms with Crippen LogP contribution in [0.4, 0.5) is 0 Å². The van der Waals surface area contributed by atoms with E-state index in [1.54, 1.807) is 11.3 Å². The number of hydrogen-bond donors (Lipinski definition) is 1. The number of nitrogens with one attached hydrogen (secondary N) is 1. The molecule has 0 aliphatic heterocycles. The Morgan fingerprint density at radius 2 is 2.33 bits per heavy atom. The maximum Gasteiger partial charge on any atom is 0.227 e. The molecule has 0 aliphatic rings. The van der Waals surface area contributed by atoms with Crippen molar-refractivity contribution in [1.82, 2.24) is 15.5 Å². The summed E-state index contributed by atoms with van der Waals surface area (Å²) in [5.74, 6) is 1.82. The van der Waals surface area contributed by atoms with Gasteiger partial charge in [-0.2, -0.15) is 4.98 Å². The number of carbonyl (C=O) groups excluding carboxylic acids is 1. The molecule has 5 nitrogen and oxygen atoms in total. The molecule has 0 saturated heterocycles. The molecule has 2 rings (SSSR count). The van der Waals surface area contributed by atoms with Crippen molar-refractivity contribution in [2.45, 2.75) is 39.5 Å². The minimum Gasteiger partial charge on any atom is -0.356 e. The Bertz CT molecular complexity index is 549. The highest BCUT2D eigenvalue weighted by molar-refractivity contribution is 7.13. The molecule has 2 aromatic heterocycles. The molecule has 21 heavy (non-hydrogen) atoms. The fraction of sp³-hybridized carbons (Fsp3) is 0.533. The van der Waals surface area contributed by atoms with Gasteiger partial charge in [-0.05, 0) is 30.2 Å². The molecular formula is C15H21N3O2S. The van der Waals surface area contributed by atoms with Gasteiger partial charge in [0.25, 0.3) is 0 Å². The number of aromatic nitrogens is 2. The van der Waals surface area contributed by atoms with Crippen LogP contribution in [-0.2, 0) is 11.2 Å². The smallest absolute Gasteiger partial charge is 0.227 e. The van der Waals surface area contributed by atoms with E-state index < -0.39 is 0 Å². The van der Waals surface area contributed by atoms with E-state index in [2.05, 4.69) is 29.3 Å². The van der Waals surface area contributed by atoms with Crippen LogP contribution in [0.15, 0.2) is 22.0 Å². The molecule has 0 atom stereocenters. The summed E-state index contributed by atoms with van der Waals surface area (Å²) in [7, 11) is 0. The first-order chi connectivity index (χ1) is 10.1. The number of nitrogens with zero attached hydrogens (tertiary/aromatic N) is 2. The highest BCUT2D eigenvalue weighted by Gasteiger charge is 2.11. The lowest BCUT2D eigenvalue weighted by Crippen LogP contribution is -2.24. The van der Waals surface area contributed by atoms with E-state index >= 15 is 0 Å². The largest absolute Gasteiger partial charge is 0.356 e. The Morgan fingerprint density at radius 1 is 1.48 bits per heavy atom. The summed E-state index contributed by atoms with van der Waals surface area (Å²) in [6.45, 7) is 5.10. The van der Waals surface area contributed by atoms with Gasteiger partial charge in [-0.25, -0.2) is 0 Å². The second-order valence-electron chi connectivity index (χ2n) is 5.38. The highest BCUT2D eigenvalue weighted by Crippen LogP contribution is 2.21. The standard InChI is InChI=1S/C15H21N3O2S/c1-11(2)5-3-9-16-13(19)7-8-14-17-15(18-20-14)12-6-4-10-21-12/h4,6,10-11H,3,5,7-9H2,1-2H3,(H,16,19). The lowest BCUT2D eigenvalue weighted by atomic mass is 10.1. The van der Waals surface area contributed by atoms with Crippen molar-refractivity contribution in [1.29, 1.82) is 0 Å². The van der Waals surface area contributed by atoms with Gasteiger partial charge >= 0.3 is 0 Å². The third kappa shape index (κ3) is 5.30. The normalized spacial score (nSPS) is 11.0. The van der Waals surface area contributed by atoms with E-state index in [0.717, 1.165) is 24.3 Å². The minimum atomic E-state index is 0.0367. The molecule has 0 bridgehead atoms. The van der Waals surface area contributed by atoms with Crippen molar-refractivity contribution < 1.29 is 9.32 Å². The zero-order valence-electron chi connectivity index (χ0n) is 12.5. The van der Waals surface area contributed by atoms with Crippen LogP contribution in [-0.4, -0.2) is 22.6 Å². The molecular weight excluding hydrogens is 286 g/mol. The molecule has 1 N–H and O–H groups in total. The lowest BCUT2D eigenvalue weighted by Gasteiger charge is -2.05. The number of amides is 1. The topological polar surface area (TPSA) is 68.0 Å². The van der Waals surface area contributed by atoms with Crippen molar-refractivity contribution in [3.63, 3.8) is 0 Å². The summed E-state index contributed by atoms with van der Waals surface area (Å²) < 4.78 is 5.16. The van der Waals surface area contributed by atoms with Gasteiger partial charge in [-0.1, -0.05) is 25.1 Å². The fourth-order valence-corrected chi connectivity index (χ4v) is 2.56. The van der Waals surface area contributed by atoms with Gasteiger partial charge in [0.2, 0.25) is 17.6 Å². The first kappa shape index (κ1) is 15.7. The summed E-state index contributed by atoms with van der Waals surface area (Å²) in [6, 6.07) is 3.89. The van der Waals surface area contributed by atoms with Gasteiger partial charge in [0.1, 0.15) is 0 Å². The van der Waals surface area contributed by atoms with Crippen LogP contribution in [0.5, 0.6) is 0 Å². The van der Waals surface area contributed by atoms with Crippen molar-refractivity contribution in [2.24, 2.45) is 5.92 Å². The van der Waals surface area contributed by atoms with Crippen LogP contribution in [0.1, 0.15) is 39.0 Å². The Balaban J connectivity index is 1.69. The van der Waals surface area contributed by atoms with Crippen molar-refractivity contribution in [3.05, 3.63) is 23.4 Å². The summed E-state index contributed by atoms with van der Waals surface area (Å²) in [6.07, 6.45) is 3.02. The Hall–Kier alpha value is -1.69. The third-order valence-corrected chi connectivity index (χ3v) is 3.92. The lowest BCUT2D eigenvalue weighted by molar-refractivity contribution is -0.121. The number of thiophene rings is 1. The molecule has 0 saturated carbocycles. The molecule has 0 fully saturated rings. The number of carbonyl (C=O) groups is 1. The van der Waals surface area contributed by atoms with Crippen LogP contribution in [0.3, 0.4) is 0 Å². The minimum absolute atomic E-state index is 0.0367. The summed E-state index contributed by atoms with van der Waals surface area (Å²) in [4.78, 5) is 17.0. The molecule has 114 valence electrons. The maximum atomic E-state index is 11.7. The molecule has 0 aliphatic carbocycles. The van der Waals surface area contributed by atoms with Gasteiger partial charge in [0.15, 0.2) is 0 Å². The molecule has 2 aromatic rings. The second kappa shape index (κ2) is 7.93. The molecule has 2 heterocycles. The number of rotatable bonds is 8. The number of aryl methyl sites for hydroxylation is 1. The maximum absolute atomic E-state index is 11.7. The monoisotopic (exact) mass is 307 g/mol. The average molecular weight is 307 g/mol. The zero-order chi connectivity index (χ0) is 15.1. The van der Waals surface area contributed by atoms with E-state index in [4.69, 9.17) is 4.52 Å². The highest BCUT2D eigenvalue weighted by atomic mass is 32.1. The first-order valence-corrected chi connectivity index (χ1v) is 8.16. The SMILES string of the molecule is CC(C)CCCNC(=O)CCc1nc(-c2cccs2)no1. The van der Waals surface area contributed by atoms with E-state index in [1.165, 1.54) is 0 Å². The van der Waals surface area contributed by atoms with Gasteiger partial charge in [-0.15, -0.1) is 11.3 Å². The molecule has 0 unspecified atom stereocenters. The predicted molar refractivity (Wildman–Crippen MR) is 83.0 cm³/mol. The Kier molecular flexibility index (Phi) is 5.92. The van der Waals surface area contributed by atoms with Crippen LogP contribution in [0.25, 0.3) is 10.7 Å². The van der Waals surface area contributed by atoms with E-state index in [0.29, 0.717) is 30.5 Å². The Labute approximate surface area is 128 Å². The molecule has 6 heteroatoms. The quantitative estimate of drug-likeness (QED) is 0.760. The van der Waals surface area contributed by atoms with Gasteiger partial charge in [0, 0.05) is 19.4 Å². The van der Waals surface area contributed by atoms with Gasteiger partial charge in [-0.3, -0.25) is 4.79 Å². The first-order valence-electron chi connectivity index (χ1n) is 7.28. The van der Waals surface area contributed by atoms with Crippen LogP contribution >= 0.6 is 11.3 Å². The fourth-order valence-electron chi connectivity index (χ4n) is 1.91. The summed E-state index contributed by atoms with van der Waals surface area (Å²) in [5.41, 5.74) is 0. The predicted octanol–water partition coefficient (Wildman–Crippen LogP) is 3.28. The van der Waals surface area contributed by atoms with Crippen LogP contribution < -0.4 is 5.32 Å². The third-order valence-electron chi connectivity index (χ3n) is 3.06. The van der Waals surface area contributed by atoms with Crippen molar-refractivity contribution >= 4 is 17.2 Å². The van der Waals surface area contributed by atoms with E-state index in [-0.39, 0.29) is 5.91 Å². The molecule has 0 spiro atoms. The Morgan fingerprint density at radius 3 is 3.05 bits per heavy atom. The number of hydrogen-bond acceptors (Lipinski definition) is 5. The van der Waals surface area contributed by atoms with Crippen LogP contribution in [0, 0.1) is 5.92 Å². The van der Waals surface area contributed by atoms with Crippen molar-refractivity contribution in [2.75, 3.05) is 6.54 Å². The summed E-state index contributed by atoms with van der Waals surface area (Å²) >= 11 is 1.57. The van der Waals surface area contributed by atoms with Crippen molar-refractivity contribution in [3.8, 4) is 10.7 Å². The van der Waals surface area contributed by atoms with E-state index in [1.807, 2.05) is 17.5 Å². The molecule has 0 radical (unpaired) electrons. The van der Waals surface area contributed by atoms with Crippen LogP contribution in [0.2, 0.25) is 0 Å². The summed E-state index contributed by atoms with van der Waals surface area (Å²) in [5, 5.41) is 8.81. The molecule has 0 aromatic carbocycles. The second-order valence-corrected chi connectivity index (χ2v) is 6.32. The zero-order valence-corrected chi connectivity index (χ0v) is 13.3. The van der Waals surface area contributed by atoms with Gasteiger partial charge < -0.3 is 9.84 Å². The van der Waals surface area contributed by atoms with Gasteiger partial charge in [0.05, 0.1) is 4.88 Å². The molecule has 1 amide bonds. The van der Waals surface area contributed by atoms with E-state index in [9.17, 15) is 4.79 Å².